The highest BCUT2D eigenvalue weighted by molar-refractivity contribution is 5.84. The molecule has 0 N–H and O–H groups in total. The molecule has 0 radical (unpaired) electrons. The third-order valence-corrected chi connectivity index (χ3v) is 7.21. The summed E-state index contributed by atoms with van der Waals surface area (Å²) >= 11 is 0. The number of ether oxygens (including phenoxy) is 3. The van der Waals surface area contributed by atoms with Gasteiger partial charge >= 0.3 is 5.97 Å². The minimum atomic E-state index is -0.773. The van der Waals surface area contributed by atoms with E-state index in [2.05, 4.69) is 13.8 Å². The highest BCUT2D eigenvalue weighted by atomic mass is 17.3. The van der Waals surface area contributed by atoms with Gasteiger partial charge in [-0.1, -0.05) is 13.8 Å². The lowest BCUT2D eigenvalue weighted by Crippen LogP contribution is -2.71. The van der Waals surface area contributed by atoms with Gasteiger partial charge in [0.05, 0.1) is 0 Å². The molecular formula is C19H26O6. The summed E-state index contributed by atoms with van der Waals surface area (Å²) in [6.07, 6.45) is 6.26. The van der Waals surface area contributed by atoms with Gasteiger partial charge in [0.1, 0.15) is 12.2 Å². The Bertz CT molecular complexity index is 619. The summed E-state index contributed by atoms with van der Waals surface area (Å²) in [5, 5.41) is 0. The summed E-state index contributed by atoms with van der Waals surface area (Å²) in [7, 11) is 0. The molecule has 1 unspecified atom stereocenters. The maximum Gasteiger partial charge on any atom is 0.331 e. The Kier molecular flexibility index (Phi) is 3.43. The van der Waals surface area contributed by atoms with Gasteiger partial charge in [0, 0.05) is 18.4 Å². The molecule has 1 spiro atoms. The Hall–Kier alpha value is -0.950. The quantitative estimate of drug-likeness (QED) is 0.535. The van der Waals surface area contributed by atoms with Gasteiger partial charge in [0.2, 0.25) is 5.79 Å². The standard InChI is InChI=1S/C19H26O6/c1-10-4-5-13-11(2)16(14-6-7-15(20)21-14)22-17-19(13)12(10)8-9-18(3,23-17)24-25-19/h6-7,10-14,16-17H,4-5,8-9H2,1-3H3/t10-,11-,12+,13+,14?,16+,17-,18+,19-/m1/s1. The Balaban J connectivity index is 1.54. The molecule has 25 heavy (non-hydrogen) atoms. The zero-order valence-corrected chi connectivity index (χ0v) is 15.0. The van der Waals surface area contributed by atoms with Crippen molar-refractivity contribution >= 4 is 5.97 Å². The van der Waals surface area contributed by atoms with Gasteiger partial charge in [-0.3, -0.25) is 0 Å². The smallest absolute Gasteiger partial charge is 0.331 e. The van der Waals surface area contributed by atoms with Crippen LogP contribution in [0.5, 0.6) is 0 Å². The predicted octanol–water partition coefficient (Wildman–Crippen LogP) is 2.72. The van der Waals surface area contributed by atoms with Crippen LogP contribution in [0.4, 0.5) is 0 Å². The summed E-state index contributed by atoms with van der Waals surface area (Å²) in [6, 6.07) is 0. The minimum absolute atomic E-state index is 0.182. The first-order valence-electron chi connectivity index (χ1n) is 9.52. The van der Waals surface area contributed by atoms with Crippen molar-refractivity contribution in [3.05, 3.63) is 12.2 Å². The maximum absolute atomic E-state index is 11.5. The molecule has 5 heterocycles. The minimum Gasteiger partial charge on any atom is -0.452 e. The van der Waals surface area contributed by atoms with E-state index in [0.717, 1.165) is 19.3 Å². The van der Waals surface area contributed by atoms with Gasteiger partial charge in [-0.15, -0.1) is 0 Å². The Morgan fingerprint density at radius 2 is 1.96 bits per heavy atom. The molecule has 138 valence electrons. The molecule has 0 aromatic carbocycles. The molecular weight excluding hydrogens is 324 g/mol. The van der Waals surface area contributed by atoms with Gasteiger partial charge in [-0.05, 0) is 50.0 Å². The monoisotopic (exact) mass is 350 g/mol. The van der Waals surface area contributed by atoms with E-state index in [1.54, 1.807) is 6.08 Å². The lowest BCUT2D eigenvalue weighted by Gasteiger charge is -2.60. The van der Waals surface area contributed by atoms with Crippen molar-refractivity contribution in [3.8, 4) is 0 Å². The molecule has 5 aliphatic heterocycles. The fourth-order valence-corrected chi connectivity index (χ4v) is 5.87. The van der Waals surface area contributed by atoms with E-state index >= 15 is 0 Å². The van der Waals surface area contributed by atoms with Crippen LogP contribution in [0.15, 0.2) is 12.2 Å². The van der Waals surface area contributed by atoms with Crippen LogP contribution in [-0.2, 0) is 28.8 Å². The number of esters is 1. The molecule has 6 nitrogen and oxygen atoms in total. The van der Waals surface area contributed by atoms with Crippen LogP contribution in [-0.4, -0.2) is 35.9 Å². The summed E-state index contributed by atoms with van der Waals surface area (Å²) in [5.74, 6) is 0.263. The molecule has 2 bridgehead atoms. The summed E-state index contributed by atoms with van der Waals surface area (Å²) < 4.78 is 18.2. The summed E-state index contributed by atoms with van der Waals surface area (Å²) in [5.41, 5.74) is -0.560. The number of carbonyl (C=O) groups excluding carboxylic acids is 1. The zero-order valence-electron chi connectivity index (χ0n) is 15.0. The second-order valence-corrected chi connectivity index (χ2v) is 8.63. The summed E-state index contributed by atoms with van der Waals surface area (Å²) in [6.45, 7) is 6.40. The SMILES string of the molecule is C[C@H]1[C@@H](C2C=CC(=O)O2)O[C@@H]2O[C@]3(C)CC[C@H]4[C@H](C)CC[C@@H]1[C@@]24OO3. The average Bonchev–Trinajstić information content (AvgIpc) is 2.88. The van der Waals surface area contributed by atoms with Crippen molar-refractivity contribution in [1.29, 1.82) is 0 Å². The number of cyclic esters (lactones) is 1. The summed E-state index contributed by atoms with van der Waals surface area (Å²) in [4.78, 5) is 23.5. The fraction of sp³-hybridized carbons (Fsp3) is 0.842. The molecule has 6 aliphatic rings. The highest BCUT2D eigenvalue weighted by Gasteiger charge is 2.69. The Labute approximate surface area is 147 Å². The first-order chi connectivity index (χ1) is 11.9. The van der Waals surface area contributed by atoms with Crippen molar-refractivity contribution in [2.24, 2.45) is 23.7 Å². The van der Waals surface area contributed by atoms with Crippen molar-refractivity contribution in [2.75, 3.05) is 0 Å². The van der Waals surface area contributed by atoms with Crippen LogP contribution >= 0.6 is 0 Å². The largest absolute Gasteiger partial charge is 0.452 e. The number of carbonyl (C=O) groups is 1. The Morgan fingerprint density at radius 1 is 1.12 bits per heavy atom. The fourth-order valence-electron chi connectivity index (χ4n) is 5.87. The molecule has 0 aromatic heterocycles. The van der Waals surface area contributed by atoms with Crippen LogP contribution in [0.3, 0.4) is 0 Å². The molecule has 1 aliphatic carbocycles. The average molecular weight is 350 g/mol. The second-order valence-electron chi connectivity index (χ2n) is 8.63. The van der Waals surface area contributed by atoms with E-state index in [0.29, 0.717) is 11.8 Å². The molecule has 1 saturated carbocycles. The lowest BCUT2D eigenvalue weighted by molar-refractivity contribution is -0.571. The molecule has 6 rings (SSSR count). The molecule has 5 fully saturated rings. The van der Waals surface area contributed by atoms with Crippen LogP contribution < -0.4 is 0 Å². The van der Waals surface area contributed by atoms with Gasteiger partial charge in [-0.2, -0.15) is 0 Å². The highest BCUT2D eigenvalue weighted by Crippen LogP contribution is 2.60. The van der Waals surface area contributed by atoms with E-state index in [1.807, 2.05) is 6.92 Å². The van der Waals surface area contributed by atoms with Crippen LogP contribution in [0.2, 0.25) is 0 Å². The maximum atomic E-state index is 11.5. The van der Waals surface area contributed by atoms with E-state index in [1.165, 1.54) is 12.5 Å². The molecule has 4 saturated heterocycles. The van der Waals surface area contributed by atoms with E-state index < -0.39 is 17.7 Å². The predicted molar refractivity (Wildman–Crippen MR) is 85.8 cm³/mol. The normalized spacial score (nSPS) is 57.1. The second kappa shape index (κ2) is 5.28. The topological polar surface area (TPSA) is 63.2 Å². The first kappa shape index (κ1) is 16.2. The van der Waals surface area contributed by atoms with Crippen molar-refractivity contribution in [3.63, 3.8) is 0 Å². The molecule has 9 atom stereocenters. The van der Waals surface area contributed by atoms with Crippen LogP contribution in [0.1, 0.15) is 46.5 Å². The van der Waals surface area contributed by atoms with Crippen LogP contribution in [0.25, 0.3) is 0 Å². The molecule has 6 heteroatoms. The van der Waals surface area contributed by atoms with Crippen molar-refractivity contribution < 1.29 is 28.8 Å². The van der Waals surface area contributed by atoms with Gasteiger partial charge in [0.25, 0.3) is 0 Å². The van der Waals surface area contributed by atoms with E-state index in [4.69, 9.17) is 24.0 Å². The van der Waals surface area contributed by atoms with Crippen LogP contribution in [0, 0.1) is 23.7 Å². The van der Waals surface area contributed by atoms with Gasteiger partial charge < -0.3 is 14.2 Å². The molecule has 0 amide bonds. The van der Waals surface area contributed by atoms with E-state index in [-0.39, 0.29) is 30.0 Å². The number of rotatable bonds is 1. The number of hydrogen-bond acceptors (Lipinski definition) is 6. The zero-order chi connectivity index (χ0) is 17.4. The molecule has 0 aromatic rings. The number of hydrogen-bond donors (Lipinski definition) is 0. The van der Waals surface area contributed by atoms with Crippen molar-refractivity contribution in [1.82, 2.24) is 0 Å². The van der Waals surface area contributed by atoms with Gasteiger partial charge in [-0.25, -0.2) is 14.6 Å². The van der Waals surface area contributed by atoms with Crippen molar-refractivity contribution in [2.45, 2.75) is 76.3 Å². The Morgan fingerprint density at radius 3 is 2.72 bits per heavy atom. The lowest BCUT2D eigenvalue weighted by atomic mass is 9.57. The number of fused-ring (bicyclic) bond motifs is 2. The third kappa shape index (κ3) is 2.14. The first-order valence-corrected chi connectivity index (χ1v) is 9.52. The third-order valence-electron chi connectivity index (χ3n) is 7.21. The van der Waals surface area contributed by atoms with E-state index in [9.17, 15) is 4.79 Å². The van der Waals surface area contributed by atoms with Gasteiger partial charge in [0.15, 0.2) is 11.9 Å².